The molecule has 0 aliphatic heterocycles. The van der Waals surface area contributed by atoms with Crippen LogP contribution in [0.25, 0.3) is 0 Å². The van der Waals surface area contributed by atoms with Crippen LogP contribution in [0.4, 0.5) is 0 Å². The Labute approximate surface area is 139 Å². The summed E-state index contributed by atoms with van der Waals surface area (Å²) in [5.74, 6) is 0.173. The highest BCUT2D eigenvalue weighted by atomic mass is 35.5. The van der Waals surface area contributed by atoms with Crippen molar-refractivity contribution in [3.8, 4) is 17.6 Å². The van der Waals surface area contributed by atoms with E-state index in [2.05, 4.69) is 4.98 Å². The highest BCUT2D eigenvalue weighted by Gasteiger charge is 2.21. The highest BCUT2D eigenvalue weighted by Crippen LogP contribution is 2.31. The normalized spacial score (nSPS) is 10.9. The Morgan fingerprint density at radius 2 is 2.04 bits per heavy atom. The number of nitriles is 1. The SMILES string of the molecule is CCOc1cc(C#N)ccc1OS(=O)(=O)c1cnc(Cl)c(C)c1. The van der Waals surface area contributed by atoms with Crippen molar-refractivity contribution < 1.29 is 17.3 Å². The molecule has 23 heavy (non-hydrogen) atoms. The van der Waals surface area contributed by atoms with Gasteiger partial charge in [-0.2, -0.15) is 13.7 Å². The standard InChI is InChI=1S/C15H13ClN2O4S/c1-3-21-14-7-11(8-17)4-5-13(14)22-23(19,20)12-6-10(2)15(16)18-9-12/h4-7,9H,3H2,1-2H3. The summed E-state index contributed by atoms with van der Waals surface area (Å²) in [6.07, 6.45) is 1.12. The molecule has 0 saturated carbocycles. The van der Waals surface area contributed by atoms with E-state index < -0.39 is 10.1 Å². The summed E-state index contributed by atoms with van der Waals surface area (Å²) >= 11 is 5.79. The lowest BCUT2D eigenvalue weighted by molar-refractivity contribution is 0.327. The molecule has 120 valence electrons. The van der Waals surface area contributed by atoms with Crippen molar-refractivity contribution in [2.24, 2.45) is 0 Å². The van der Waals surface area contributed by atoms with Crippen molar-refractivity contribution in [2.75, 3.05) is 6.61 Å². The summed E-state index contributed by atoms with van der Waals surface area (Å²) in [7, 11) is -4.10. The van der Waals surface area contributed by atoms with E-state index in [4.69, 9.17) is 25.8 Å². The molecule has 0 aliphatic carbocycles. The average molecular weight is 353 g/mol. The summed E-state index contributed by atoms with van der Waals surface area (Å²) in [6.45, 7) is 3.68. The molecule has 8 heteroatoms. The van der Waals surface area contributed by atoms with Gasteiger partial charge < -0.3 is 8.92 Å². The van der Waals surface area contributed by atoms with Crippen molar-refractivity contribution in [1.82, 2.24) is 4.98 Å². The van der Waals surface area contributed by atoms with E-state index in [-0.39, 0.29) is 21.5 Å². The molecule has 0 fully saturated rings. The molecule has 1 aromatic carbocycles. The van der Waals surface area contributed by atoms with Crippen LogP contribution >= 0.6 is 11.6 Å². The number of ether oxygens (including phenoxy) is 1. The van der Waals surface area contributed by atoms with Gasteiger partial charge in [0.25, 0.3) is 0 Å². The zero-order valence-corrected chi connectivity index (χ0v) is 14.0. The molecular weight excluding hydrogens is 340 g/mol. The van der Waals surface area contributed by atoms with Gasteiger partial charge in [0.15, 0.2) is 11.5 Å². The first-order valence-corrected chi connectivity index (χ1v) is 8.39. The summed E-state index contributed by atoms with van der Waals surface area (Å²) < 4.78 is 35.1. The first-order valence-electron chi connectivity index (χ1n) is 6.61. The van der Waals surface area contributed by atoms with Gasteiger partial charge in [-0.3, -0.25) is 0 Å². The molecule has 1 aromatic heterocycles. The topological polar surface area (TPSA) is 89.3 Å². The van der Waals surface area contributed by atoms with E-state index in [1.807, 2.05) is 6.07 Å². The number of pyridine rings is 1. The van der Waals surface area contributed by atoms with Crippen LogP contribution in [0.15, 0.2) is 35.4 Å². The minimum absolute atomic E-state index is 0.00143. The maximum atomic E-state index is 12.4. The van der Waals surface area contributed by atoms with Crippen molar-refractivity contribution in [1.29, 1.82) is 5.26 Å². The summed E-state index contributed by atoms with van der Waals surface area (Å²) in [5.41, 5.74) is 0.850. The predicted octanol–water partition coefficient (Wildman–Crippen LogP) is 3.08. The lowest BCUT2D eigenvalue weighted by Crippen LogP contribution is -2.11. The van der Waals surface area contributed by atoms with Gasteiger partial charge in [-0.15, -0.1) is 0 Å². The van der Waals surface area contributed by atoms with Gasteiger partial charge in [0, 0.05) is 6.07 Å². The van der Waals surface area contributed by atoms with Crippen LogP contribution in [-0.4, -0.2) is 20.0 Å². The zero-order valence-electron chi connectivity index (χ0n) is 12.4. The van der Waals surface area contributed by atoms with Gasteiger partial charge in [-0.05, 0) is 37.6 Å². The van der Waals surface area contributed by atoms with Crippen molar-refractivity contribution in [3.05, 3.63) is 46.7 Å². The highest BCUT2D eigenvalue weighted by molar-refractivity contribution is 7.87. The second-order valence-corrected chi connectivity index (χ2v) is 6.43. The largest absolute Gasteiger partial charge is 0.490 e. The van der Waals surface area contributed by atoms with E-state index in [9.17, 15) is 8.42 Å². The van der Waals surface area contributed by atoms with Gasteiger partial charge in [0.1, 0.15) is 10.0 Å². The third-order valence-corrected chi connectivity index (χ3v) is 4.45. The van der Waals surface area contributed by atoms with Crippen LogP contribution in [0.5, 0.6) is 11.5 Å². The molecule has 2 aromatic rings. The van der Waals surface area contributed by atoms with Crippen LogP contribution in [0.3, 0.4) is 0 Å². The predicted molar refractivity (Wildman–Crippen MR) is 84.1 cm³/mol. The van der Waals surface area contributed by atoms with Crippen LogP contribution in [0.2, 0.25) is 5.15 Å². The Balaban J connectivity index is 2.40. The summed E-state index contributed by atoms with van der Waals surface area (Å²) in [6, 6.07) is 7.55. The molecule has 0 N–H and O–H groups in total. The molecule has 0 aliphatic rings. The molecule has 6 nitrogen and oxygen atoms in total. The van der Waals surface area contributed by atoms with E-state index in [0.717, 1.165) is 6.20 Å². The minimum atomic E-state index is -4.10. The number of aromatic nitrogens is 1. The monoisotopic (exact) mass is 352 g/mol. The third kappa shape index (κ3) is 3.92. The Kier molecular flexibility index (Phi) is 5.08. The quantitative estimate of drug-likeness (QED) is 0.606. The van der Waals surface area contributed by atoms with Crippen molar-refractivity contribution >= 4 is 21.7 Å². The van der Waals surface area contributed by atoms with Crippen LogP contribution in [0, 0.1) is 18.3 Å². The van der Waals surface area contributed by atoms with Crippen molar-refractivity contribution in [2.45, 2.75) is 18.7 Å². The first-order chi connectivity index (χ1) is 10.9. The molecule has 1 heterocycles. The lowest BCUT2D eigenvalue weighted by Gasteiger charge is -2.12. The van der Waals surface area contributed by atoms with Crippen LogP contribution in [0.1, 0.15) is 18.1 Å². The number of rotatable bonds is 5. The fraction of sp³-hybridized carbons (Fsp3) is 0.200. The van der Waals surface area contributed by atoms with Gasteiger partial charge in [0.2, 0.25) is 0 Å². The second kappa shape index (κ2) is 6.86. The average Bonchev–Trinajstić information content (AvgIpc) is 2.51. The van der Waals surface area contributed by atoms with Crippen LogP contribution < -0.4 is 8.92 Å². The Hall–Kier alpha value is -2.30. The molecule has 0 unspecified atom stereocenters. The number of nitrogens with zero attached hydrogens (tertiary/aromatic N) is 2. The van der Waals surface area contributed by atoms with E-state index in [1.165, 1.54) is 24.3 Å². The molecular formula is C15H13ClN2O4S. The van der Waals surface area contributed by atoms with Gasteiger partial charge >= 0.3 is 10.1 Å². The van der Waals surface area contributed by atoms with Crippen LogP contribution in [-0.2, 0) is 10.1 Å². The molecule has 0 atom stereocenters. The number of aryl methyl sites for hydroxylation is 1. The molecule has 0 bridgehead atoms. The molecule has 0 spiro atoms. The fourth-order valence-corrected chi connectivity index (χ4v) is 2.83. The third-order valence-electron chi connectivity index (χ3n) is 2.85. The maximum absolute atomic E-state index is 12.4. The first kappa shape index (κ1) is 17.1. The minimum Gasteiger partial charge on any atom is -0.490 e. The number of hydrogen-bond acceptors (Lipinski definition) is 6. The molecule has 0 amide bonds. The smallest absolute Gasteiger partial charge is 0.340 e. The Morgan fingerprint density at radius 3 is 2.65 bits per heavy atom. The number of hydrogen-bond donors (Lipinski definition) is 0. The number of benzene rings is 1. The second-order valence-electron chi connectivity index (χ2n) is 4.52. The van der Waals surface area contributed by atoms with Gasteiger partial charge in [-0.25, -0.2) is 4.98 Å². The van der Waals surface area contributed by atoms with Gasteiger partial charge in [0.05, 0.1) is 24.4 Å². The van der Waals surface area contributed by atoms with E-state index in [0.29, 0.717) is 17.7 Å². The Morgan fingerprint density at radius 1 is 1.30 bits per heavy atom. The summed E-state index contributed by atoms with van der Waals surface area (Å²) in [4.78, 5) is 3.69. The molecule has 2 rings (SSSR count). The lowest BCUT2D eigenvalue weighted by atomic mass is 10.2. The molecule has 0 saturated heterocycles. The fourth-order valence-electron chi connectivity index (χ4n) is 1.75. The molecule has 0 radical (unpaired) electrons. The number of halogens is 1. The zero-order chi connectivity index (χ0) is 17.0. The van der Waals surface area contributed by atoms with Gasteiger partial charge in [-0.1, -0.05) is 11.6 Å². The maximum Gasteiger partial charge on any atom is 0.340 e. The Bertz CT molecular complexity index is 876. The van der Waals surface area contributed by atoms with E-state index in [1.54, 1.807) is 13.8 Å². The van der Waals surface area contributed by atoms with E-state index >= 15 is 0 Å². The summed E-state index contributed by atoms with van der Waals surface area (Å²) in [5, 5.41) is 9.12. The van der Waals surface area contributed by atoms with Crippen molar-refractivity contribution in [3.63, 3.8) is 0 Å².